The van der Waals surface area contributed by atoms with Gasteiger partial charge in [-0.05, 0) is 37.8 Å². The zero-order chi connectivity index (χ0) is 13.3. The van der Waals surface area contributed by atoms with Crippen LogP contribution >= 0.6 is 11.6 Å². The Morgan fingerprint density at radius 3 is 2.56 bits per heavy atom. The van der Waals surface area contributed by atoms with E-state index in [0.29, 0.717) is 5.02 Å². The van der Waals surface area contributed by atoms with Crippen LogP contribution in [0.15, 0.2) is 24.3 Å². The summed E-state index contributed by atoms with van der Waals surface area (Å²) < 4.78 is 0. The molecule has 1 aliphatic rings. The number of carbonyl (C=O) groups is 1. The minimum atomic E-state index is -0.649. The quantitative estimate of drug-likeness (QED) is 0.914. The first-order valence-corrected chi connectivity index (χ1v) is 6.64. The van der Waals surface area contributed by atoms with Gasteiger partial charge in [0.25, 0.3) is 0 Å². The molecule has 1 aromatic rings. The maximum absolute atomic E-state index is 12.3. The lowest BCUT2D eigenvalue weighted by Crippen LogP contribution is -2.59. The topological polar surface area (TPSA) is 46.3 Å². The highest BCUT2D eigenvalue weighted by Gasteiger charge is 2.42. The van der Waals surface area contributed by atoms with E-state index in [-0.39, 0.29) is 11.9 Å². The van der Waals surface area contributed by atoms with E-state index in [1.165, 1.54) is 0 Å². The van der Waals surface area contributed by atoms with Gasteiger partial charge in [-0.3, -0.25) is 4.79 Å². The monoisotopic (exact) mass is 266 g/mol. The fraction of sp³-hybridized carbons (Fsp3) is 0.500. The molecule has 1 aromatic carbocycles. The molecule has 3 nitrogen and oxygen atoms in total. The number of nitrogens with zero attached hydrogens (tertiary/aromatic N) is 1. The van der Waals surface area contributed by atoms with Crippen LogP contribution in [0.1, 0.15) is 37.8 Å². The van der Waals surface area contributed by atoms with E-state index in [9.17, 15) is 4.79 Å². The minimum absolute atomic E-state index is 0.0150. The van der Waals surface area contributed by atoms with Crippen LogP contribution in [0.5, 0.6) is 0 Å². The number of carbonyl (C=O) groups excluding carboxylic acids is 1. The van der Waals surface area contributed by atoms with Crippen molar-refractivity contribution in [1.29, 1.82) is 0 Å². The maximum atomic E-state index is 12.3. The summed E-state index contributed by atoms with van der Waals surface area (Å²) in [6.07, 6.45) is 2.60. The van der Waals surface area contributed by atoms with Gasteiger partial charge in [0.15, 0.2) is 0 Å². The van der Waals surface area contributed by atoms with Crippen molar-refractivity contribution in [2.24, 2.45) is 5.73 Å². The molecule has 98 valence electrons. The highest BCUT2D eigenvalue weighted by Crippen LogP contribution is 2.34. The van der Waals surface area contributed by atoms with Crippen molar-refractivity contribution < 1.29 is 4.79 Å². The van der Waals surface area contributed by atoms with Crippen molar-refractivity contribution in [3.63, 3.8) is 0 Å². The van der Waals surface area contributed by atoms with Gasteiger partial charge in [0.05, 0.1) is 11.6 Å². The molecule has 1 atom stereocenters. The average Bonchev–Trinajstić information content (AvgIpc) is 2.34. The van der Waals surface area contributed by atoms with Crippen molar-refractivity contribution >= 4 is 17.5 Å². The SMILES string of the molecule is CC(c1ccccc1Cl)N(C)C(=O)C1(N)CCC1. The van der Waals surface area contributed by atoms with Crippen LogP contribution in [0, 0.1) is 0 Å². The zero-order valence-corrected chi connectivity index (χ0v) is 11.6. The van der Waals surface area contributed by atoms with Crippen molar-refractivity contribution in [3.8, 4) is 0 Å². The van der Waals surface area contributed by atoms with Gasteiger partial charge in [-0.1, -0.05) is 29.8 Å². The van der Waals surface area contributed by atoms with Crippen LogP contribution in [-0.2, 0) is 4.79 Å². The highest BCUT2D eigenvalue weighted by molar-refractivity contribution is 6.31. The zero-order valence-electron chi connectivity index (χ0n) is 10.8. The number of halogens is 1. The molecule has 0 aromatic heterocycles. The lowest BCUT2D eigenvalue weighted by molar-refractivity contribution is -0.140. The van der Waals surface area contributed by atoms with Gasteiger partial charge >= 0.3 is 0 Å². The first-order chi connectivity index (χ1) is 8.46. The Morgan fingerprint density at radius 1 is 1.44 bits per heavy atom. The van der Waals surface area contributed by atoms with Crippen LogP contribution in [0.2, 0.25) is 5.02 Å². The molecule has 1 fully saturated rings. The predicted octanol–water partition coefficient (Wildman–Crippen LogP) is 2.74. The largest absolute Gasteiger partial charge is 0.337 e. The molecule has 0 heterocycles. The Hall–Kier alpha value is -1.06. The van der Waals surface area contributed by atoms with Crippen LogP contribution in [0.4, 0.5) is 0 Å². The van der Waals surface area contributed by atoms with E-state index in [2.05, 4.69) is 0 Å². The van der Waals surface area contributed by atoms with Gasteiger partial charge in [0.1, 0.15) is 0 Å². The fourth-order valence-corrected chi connectivity index (χ4v) is 2.61. The van der Waals surface area contributed by atoms with E-state index in [1.807, 2.05) is 31.2 Å². The molecule has 0 aliphatic heterocycles. The van der Waals surface area contributed by atoms with E-state index in [4.69, 9.17) is 17.3 Å². The predicted molar refractivity (Wildman–Crippen MR) is 73.4 cm³/mol. The van der Waals surface area contributed by atoms with Crippen molar-refractivity contribution in [2.75, 3.05) is 7.05 Å². The molecule has 0 bridgehead atoms. The van der Waals surface area contributed by atoms with E-state index in [0.717, 1.165) is 24.8 Å². The van der Waals surface area contributed by atoms with E-state index in [1.54, 1.807) is 11.9 Å². The molecule has 18 heavy (non-hydrogen) atoms. The molecular weight excluding hydrogens is 248 g/mol. The summed E-state index contributed by atoms with van der Waals surface area (Å²) in [7, 11) is 1.79. The highest BCUT2D eigenvalue weighted by atomic mass is 35.5. The summed E-state index contributed by atoms with van der Waals surface area (Å²) in [5, 5.41) is 0.685. The molecule has 2 rings (SSSR count). The second-order valence-electron chi connectivity index (χ2n) is 5.12. The third-order valence-electron chi connectivity index (χ3n) is 3.93. The van der Waals surface area contributed by atoms with Gasteiger partial charge in [-0.2, -0.15) is 0 Å². The standard InChI is InChI=1S/C14H19ClN2O/c1-10(11-6-3-4-7-12(11)15)17(2)13(18)14(16)8-5-9-14/h3-4,6-7,10H,5,8-9,16H2,1-2H3. The first kappa shape index (κ1) is 13.4. The lowest BCUT2D eigenvalue weighted by atomic mass is 9.76. The van der Waals surface area contributed by atoms with Crippen LogP contribution in [-0.4, -0.2) is 23.4 Å². The molecule has 1 unspecified atom stereocenters. The van der Waals surface area contributed by atoms with Crippen LogP contribution in [0.3, 0.4) is 0 Å². The molecule has 0 saturated heterocycles. The third kappa shape index (κ3) is 2.25. The fourth-order valence-electron chi connectivity index (χ4n) is 2.32. The van der Waals surface area contributed by atoms with Gasteiger partial charge in [-0.15, -0.1) is 0 Å². The maximum Gasteiger partial charge on any atom is 0.242 e. The minimum Gasteiger partial charge on any atom is -0.337 e. The number of likely N-dealkylation sites (N-methyl/N-ethyl adjacent to an activating group) is 1. The summed E-state index contributed by atoms with van der Waals surface area (Å²) in [6.45, 7) is 1.97. The molecule has 0 radical (unpaired) electrons. The molecule has 0 spiro atoms. The van der Waals surface area contributed by atoms with Gasteiger partial charge in [0.2, 0.25) is 5.91 Å². The Bertz CT molecular complexity index is 457. The summed E-state index contributed by atoms with van der Waals surface area (Å²) in [6, 6.07) is 7.54. The van der Waals surface area contributed by atoms with Gasteiger partial charge in [-0.25, -0.2) is 0 Å². The Morgan fingerprint density at radius 2 is 2.06 bits per heavy atom. The number of amides is 1. The second-order valence-corrected chi connectivity index (χ2v) is 5.53. The summed E-state index contributed by atoms with van der Waals surface area (Å²) in [5.74, 6) is 0.0150. The van der Waals surface area contributed by atoms with Crippen LogP contribution in [0.25, 0.3) is 0 Å². The van der Waals surface area contributed by atoms with Gasteiger partial charge < -0.3 is 10.6 Å². The smallest absolute Gasteiger partial charge is 0.242 e. The summed E-state index contributed by atoms with van der Waals surface area (Å²) >= 11 is 6.16. The summed E-state index contributed by atoms with van der Waals surface area (Å²) in [5.41, 5.74) is 6.38. The number of rotatable bonds is 3. The number of hydrogen-bond acceptors (Lipinski definition) is 2. The normalized spacial score (nSPS) is 18.9. The average molecular weight is 267 g/mol. The molecule has 4 heteroatoms. The Labute approximate surface area is 113 Å². The molecule has 2 N–H and O–H groups in total. The molecule has 1 saturated carbocycles. The molecule has 1 aliphatic carbocycles. The van der Waals surface area contributed by atoms with E-state index >= 15 is 0 Å². The van der Waals surface area contributed by atoms with Crippen molar-refractivity contribution in [3.05, 3.63) is 34.9 Å². The Balaban J connectivity index is 2.16. The van der Waals surface area contributed by atoms with Gasteiger partial charge in [0, 0.05) is 12.1 Å². The summed E-state index contributed by atoms with van der Waals surface area (Å²) in [4.78, 5) is 14.0. The molecular formula is C14H19ClN2O. The molecule has 1 amide bonds. The number of hydrogen-bond donors (Lipinski definition) is 1. The second kappa shape index (κ2) is 4.90. The lowest BCUT2D eigenvalue weighted by Gasteiger charge is -2.41. The van der Waals surface area contributed by atoms with Crippen molar-refractivity contribution in [1.82, 2.24) is 4.90 Å². The first-order valence-electron chi connectivity index (χ1n) is 6.26. The van der Waals surface area contributed by atoms with E-state index < -0.39 is 5.54 Å². The van der Waals surface area contributed by atoms with Crippen molar-refractivity contribution in [2.45, 2.75) is 37.8 Å². The number of benzene rings is 1. The Kier molecular flexibility index (Phi) is 3.64. The third-order valence-corrected chi connectivity index (χ3v) is 4.27. The number of nitrogens with two attached hydrogens (primary N) is 1. The van der Waals surface area contributed by atoms with Crippen LogP contribution < -0.4 is 5.73 Å².